The molecule has 0 aromatic rings. The molecule has 3 rings (SSSR count). The number of ether oxygens (including phenoxy) is 12. The second-order valence-corrected chi connectivity index (χ2v) is 11.8. The minimum absolute atomic E-state index is 0.0732. The molecule has 21 nitrogen and oxygen atoms in total. The highest BCUT2D eigenvalue weighted by Crippen LogP contribution is 2.34. The lowest BCUT2D eigenvalue weighted by Gasteiger charge is -2.49. The lowest BCUT2D eigenvalue weighted by molar-refractivity contribution is -0.381. The van der Waals surface area contributed by atoms with Crippen LogP contribution in [0, 0.1) is 0 Å². The summed E-state index contributed by atoms with van der Waals surface area (Å²) in [5.74, 6) is 0. The van der Waals surface area contributed by atoms with Crippen molar-refractivity contribution in [3.63, 3.8) is 0 Å². The fourth-order valence-corrected chi connectivity index (χ4v) is 5.84. The van der Waals surface area contributed by atoms with Crippen LogP contribution in [-0.4, -0.2) is 238 Å². The summed E-state index contributed by atoms with van der Waals surface area (Å²) in [4.78, 5) is 0. The van der Waals surface area contributed by atoms with Crippen LogP contribution in [-0.2, 0) is 56.8 Å². The molecule has 0 saturated carbocycles. The average molecular weight is 753 g/mol. The molecule has 0 aromatic carbocycles. The van der Waals surface area contributed by atoms with Gasteiger partial charge in [-0.3, -0.25) is 0 Å². The standard InChI is InChI=1S/C30H56O21/c1-40-24-16(13-45-12-11-42-7-3-31)47-28(21(37)19(24)35)50-25-17(14-43-8-4-32)48-29(22(38)20(25)36)51-26-18(15-44-9-5-33)49-30(41-2)27(23(26)39)46-10-6-34/h16-39H,3-15H2,1-2H3. The van der Waals surface area contributed by atoms with Crippen molar-refractivity contribution in [3.8, 4) is 0 Å². The van der Waals surface area contributed by atoms with E-state index in [1.165, 1.54) is 14.2 Å². The molecule has 0 spiro atoms. The first-order valence-corrected chi connectivity index (χ1v) is 16.8. The molecule has 0 aromatic heterocycles. The van der Waals surface area contributed by atoms with Crippen molar-refractivity contribution < 1.29 is 103 Å². The van der Waals surface area contributed by atoms with E-state index in [0.29, 0.717) is 0 Å². The molecule has 0 aliphatic carbocycles. The Balaban J connectivity index is 1.79. The van der Waals surface area contributed by atoms with Crippen LogP contribution >= 0.6 is 0 Å². The summed E-state index contributed by atoms with van der Waals surface area (Å²) in [7, 11) is 2.62. The number of methoxy groups -OCH3 is 2. The van der Waals surface area contributed by atoms with E-state index in [1.807, 2.05) is 0 Å². The summed E-state index contributed by atoms with van der Waals surface area (Å²) < 4.78 is 67.6. The lowest BCUT2D eigenvalue weighted by Crippen LogP contribution is -2.67. The van der Waals surface area contributed by atoms with Gasteiger partial charge in [0.2, 0.25) is 0 Å². The van der Waals surface area contributed by atoms with Crippen LogP contribution in [0.1, 0.15) is 0 Å². The van der Waals surface area contributed by atoms with Gasteiger partial charge in [0.05, 0.1) is 85.9 Å². The summed E-state index contributed by atoms with van der Waals surface area (Å²) in [5.41, 5.74) is 0. The Kier molecular flexibility index (Phi) is 20.8. The summed E-state index contributed by atoms with van der Waals surface area (Å²) >= 11 is 0. The second kappa shape index (κ2) is 23.8. The molecule has 3 fully saturated rings. The van der Waals surface area contributed by atoms with E-state index >= 15 is 0 Å². The monoisotopic (exact) mass is 752 g/mol. The first-order valence-electron chi connectivity index (χ1n) is 16.8. The smallest absolute Gasteiger partial charge is 0.187 e. The van der Waals surface area contributed by atoms with E-state index in [9.17, 15) is 40.9 Å². The van der Waals surface area contributed by atoms with E-state index in [4.69, 9.17) is 61.9 Å². The maximum Gasteiger partial charge on any atom is 0.187 e. The van der Waals surface area contributed by atoms with Crippen molar-refractivity contribution in [1.29, 1.82) is 0 Å². The van der Waals surface area contributed by atoms with Gasteiger partial charge in [0.25, 0.3) is 0 Å². The highest BCUT2D eigenvalue weighted by atomic mass is 16.8. The second-order valence-electron chi connectivity index (χ2n) is 11.8. The summed E-state index contributed by atoms with van der Waals surface area (Å²) in [5, 5.41) is 92.3. The highest BCUT2D eigenvalue weighted by Gasteiger charge is 2.54. The van der Waals surface area contributed by atoms with Gasteiger partial charge in [-0.15, -0.1) is 0 Å². The van der Waals surface area contributed by atoms with Gasteiger partial charge in [0.15, 0.2) is 18.9 Å². The van der Waals surface area contributed by atoms with Crippen LogP contribution in [0.4, 0.5) is 0 Å². The van der Waals surface area contributed by atoms with Gasteiger partial charge in [0.1, 0.15) is 73.2 Å². The molecule has 9 N–H and O–H groups in total. The maximum atomic E-state index is 11.4. The molecule has 0 radical (unpaired) electrons. The summed E-state index contributed by atoms with van der Waals surface area (Å²) in [6.45, 7) is -1.86. The zero-order chi connectivity index (χ0) is 37.3. The van der Waals surface area contributed by atoms with Crippen LogP contribution in [0.5, 0.6) is 0 Å². The van der Waals surface area contributed by atoms with Crippen LogP contribution in [0.15, 0.2) is 0 Å². The predicted octanol–water partition coefficient (Wildman–Crippen LogP) is -6.18. The lowest BCUT2D eigenvalue weighted by atomic mass is 9.96. The normalized spacial score (nSPS) is 39.0. The quantitative estimate of drug-likeness (QED) is 0.0415. The number of hydrogen-bond donors (Lipinski definition) is 9. The van der Waals surface area contributed by atoms with E-state index < -0.39 is 92.1 Å². The Labute approximate surface area is 295 Å². The van der Waals surface area contributed by atoms with Gasteiger partial charge in [-0.2, -0.15) is 0 Å². The summed E-state index contributed by atoms with van der Waals surface area (Å²) in [6.07, 6.45) is -21.2. The molecule has 0 amide bonds. The largest absolute Gasteiger partial charge is 0.394 e. The van der Waals surface area contributed by atoms with Gasteiger partial charge >= 0.3 is 0 Å². The van der Waals surface area contributed by atoms with Crippen LogP contribution < -0.4 is 0 Å². The van der Waals surface area contributed by atoms with E-state index in [0.717, 1.165) is 0 Å². The van der Waals surface area contributed by atoms with E-state index in [1.54, 1.807) is 0 Å². The first kappa shape index (κ1) is 44.6. The van der Waals surface area contributed by atoms with Gasteiger partial charge in [0, 0.05) is 14.2 Å². The molecular formula is C30H56O21. The number of aliphatic hydroxyl groups excluding tert-OH is 9. The van der Waals surface area contributed by atoms with E-state index in [-0.39, 0.29) is 85.9 Å². The minimum Gasteiger partial charge on any atom is -0.394 e. The predicted molar refractivity (Wildman–Crippen MR) is 165 cm³/mol. The van der Waals surface area contributed by atoms with Crippen molar-refractivity contribution in [1.82, 2.24) is 0 Å². The Morgan fingerprint density at radius 1 is 0.412 bits per heavy atom. The van der Waals surface area contributed by atoms with Crippen molar-refractivity contribution >= 4 is 0 Å². The maximum absolute atomic E-state index is 11.4. The molecule has 3 saturated heterocycles. The van der Waals surface area contributed by atoms with Crippen molar-refractivity contribution in [2.75, 3.05) is 100 Å². The SMILES string of the molecule is COC1OC(COCCO)C(OC2OC(COCCO)C(OC3OC(COCCOCCO)C(OC)C(O)C3O)C(O)C2O)C(O)C1OCCO. The Bertz CT molecular complexity index is 906. The minimum atomic E-state index is -1.86. The molecule has 15 unspecified atom stereocenters. The molecule has 21 heteroatoms. The Morgan fingerprint density at radius 3 is 1.31 bits per heavy atom. The number of hydrogen-bond acceptors (Lipinski definition) is 21. The summed E-state index contributed by atoms with van der Waals surface area (Å²) in [6, 6.07) is 0. The number of aliphatic hydroxyl groups is 9. The third-order valence-corrected chi connectivity index (χ3v) is 8.31. The molecule has 0 bridgehead atoms. The topological polar surface area (TPSA) is 293 Å². The van der Waals surface area contributed by atoms with Gasteiger partial charge < -0.3 is 103 Å². The first-order chi connectivity index (χ1) is 24.7. The third kappa shape index (κ3) is 12.6. The zero-order valence-corrected chi connectivity index (χ0v) is 28.8. The molecular weight excluding hydrogens is 696 g/mol. The van der Waals surface area contributed by atoms with Crippen molar-refractivity contribution in [2.24, 2.45) is 0 Å². The molecule has 51 heavy (non-hydrogen) atoms. The van der Waals surface area contributed by atoms with Crippen LogP contribution in [0.2, 0.25) is 0 Å². The van der Waals surface area contributed by atoms with Crippen LogP contribution in [0.3, 0.4) is 0 Å². The third-order valence-electron chi connectivity index (χ3n) is 8.31. The van der Waals surface area contributed by atoms with E-state index in [2.05, 4.69) is 0 Å². The molecule has 3 aliphatic rings. The average Bonchev–Trinajstić information content (AvgIpc) is 3.12. The zero-order valence-electron chi connectivity index (χ0n) is 28.8. The molecule has 15 atom stereocenters. The van der Waals surface area contributed by atoms with Gasteiger partial charge in [-0.1, -0.05) is 0 Å². The van der Waals surface area contributed by atoms with Crippen molar-refractivity contribution in [3.05, 3.63) is 0 Å². The Hall–Kier alpha value is -0.840. The Morgan fingerprint density at radius 2 is 0.824 bits per heavy atom. The molecule has 3 heterocycles. The van der Waals surface area contributed by atoms with Crippen LogP contribution in [0.25, 0.3) is 0 Å². The molecule has 302 valence electrons. The van der Waals surface area contributed by atoms with Gasteiger partial charge in [-0.05, 0) is 0 Å². The van der Waals surface area contributed by atoms with Crippen molar-refractivity contribution in [2.45, 2.75) is 92.1 Å². The molecule has 3 aliphatic heterocycles. The fourth-order valence-electron chi connectivity index (χ4n) is 5.84. The van der Waals surface area contributed by atoms with Gasteiger partial charge in [-0.25, -0.2) is 0 Å². The fraction of sp³-hybridized carbons (Fsp3) is 1.00. The number of rotatable bonds is 24. The highest BCUT2D eigenvalue weighted by molar-refractivity contribution is 4.97.